The maximum atomic E-state index is 11.9. The van der Waals surface area contributed by atoms with E-state index in [1.807, 2.05) is 11.8 Å². The molecule has 6 heteroatoms. The molecule has 1 aromatic rings. The van der Waals surface area contributed by atoms with Crippen molar-refractivity contribution in [2.75, 3.05) is 18.2 Å². The van der Waals surface area contributed by atoms with Crippen molar-refractivity contribution in [3.05, 3.63) is 29.8 Å². The van der Waals surface area contributed by atoms with Crippen molar-refractivity contribution in [1.29, 1.82) is 0 Å². The molecule has 0 radical (unpaired) electrons. The quantitative estimate of drug-likeness (QED) is 0.237. The average Bonchev–Trinajstić information content (AvgIpc) is 2.72. The molecule has 0 aliphatic carbocycles. The van der Waals surface area contributed by atoms with E-state index in [4.69, 9.17) is 0 Å². The van der Waals surface area contributed by atoms with Gasteiger partial charge in [-0.1, -0.05) is 64.7 Å². The molecule has 0 heterocycles. The number of unbranched alkanes of at least 4 members (excludes halogenated alkanes) is 9. The normalized spacial score (nSPS) is 10.7. The maximum Gasteiger partial charge on any atom is 0.252 e. The summed E-state index contributed by atoms with van der Waals surface area (Å²) in [6.07, 6.45) is 13.9. The lowest BCUT2D eigenvalue weighted by molar-refractivity contribution is -0.120. The Labute approximate surface area is 180 Å². The zero-order valence-corrected chi connectivity index (χ0v) is 18.7. The monoisotopic (exact) mass is 422 g/mol. The SMILES string of the molecule is CCCCCCCCCCCCSCCC(=O)NCNC(=O)c1ccc(O)cc1. The lowest BCUT2D eigenvalue weighted by Crippen LogP contribution is -2.37. The molecule has 0 atom stereocenters. The minimum atomic E-state index is -0.277. The zero-order chi connectivity index (χ0) is 21.2. The predicted molar refractivity (Wildman–Crippen MR) is 122 cm³/mol. The first-order valence-electron chi connectivity index (χ1n) is 11.0. The van der Waals surface area contributed by atoms with Gasteiger partial charge in [-0.25, -0.2) is 0 Å². The molecule has 0 fully saturated rings. The van der Waals surface area contributed by atoms with Crippen LogP contribution in [0.3, 0.4) is 0 Å². The largest absolute Gasteiger partial charge is 0.508 e. The number of carbonyl (C=O) groups is 2. The van der Waals surface area contributed by atoms with Gasteiger partial charge in [-0.3, -0.25) is 9.59 Å². The molecule has 0 bridgehead atoms. The molecule has 29 heavy (non-hydrogen) atoms. The fraction of sp³-hybridized carbons (Fsp3) is 0.652. The van der Waals surface area contributed by atoms with Crippen molar-refractivity contribution < 1.29 is 14.7 Å². The number of aromatic hydroxyl groups is 1. The fourth-order valence-corrected chi connectivity index (χ4v) is 3.93. The molecule has 0 spiro atoms. The number of nitrogens with one attached hydrogen (secondary N) is 2. The third-order valence-corrected chi connectivity index (χ3v) is 5.85. The van der Waals surface area contributed by atoms with Crippen LogP contribution in [-0.4, -0.2) is 35.1 Å². The van der Waals surface area contributed by atoms with Gasteiger partial charge in [0.2, 0.25) is 5.91 Å². The summed E-state index contributed by atoms with van der Waals surface area (Å²) in [4.78, 5) is 23.7. The minimum Gasteiger partial charge on any atom is -0.508 e. The number of thioether (sulfide) groups is 1. The van der Waals surface area contributed by atoms with Gasteiger partial charge < -0.3 is 15.7 Å². The fourth-order valence-electron chi connectivity index (χ4n) is 2.98. The summed E-state index contributed by atoms with van der Waals surface area (Å²) in [5.41, 5.74) is 0.448. The minimum absolute atomic E-state index is 0.0495. The van der Waals surface area contributed by atoms with E-state index in [1.165, 1.54) is 88.5 Å². The first-order valence-corrected chi connectivity index (χ1v) is 12.2. The Morgan fingerprint density at radius 3 is 2.03 bits per heavy atom. The topological polar surface area (TPSA) is 78.4 Å². The van der Waals surface area contributed by atoms with Gasteiger partial charge in [0, 0.05) is 17.7 Å². The third kappa shape index (κ3) is 14.0. The predicted octanol–water partition coefficient (Wildman–Crippen LogP) is 5.24. The van der Waals surface area contributed by atoms with E-state index in [9.17, 15) is 14.7 Å². The summed E-state index contributed by atoms with van der Waals surface area (Å²) < 4.78 is 0. The van der Waals surface area contributed by atoms with Crippen LogP contribution >= 0.6 is 11.8 Å². The molecule has 0 aliphatic rings. The highest BCUT2D eigenvalue weighted by atomic mass is 32.2. The second-order valence-corrected chi connectivity index (χ2v) is 8.60. The van der Waals surface area contributed by atoms with Crippen LogP contribution in [0.1, 0.15) is 87.9 Å². The number of phenols is 1. The first kappa shape index (κ1) is 25.3. The van der Waals surface area contributed by atoms with E-state index in [0.717, 1.165) is 11.5 Å². The van der Waals surface area contributed by atoms with Crippen molar-refractivity contribution in [1.82, 2.24) is 10.6 Å². The summed E-state index contributed by atoms with van der Waals surface area (Å²) in [6.45, 7) is 2.37. The number of benzene rings is 1. The number of carbonyl (C=O) groups excluding carboxylic acids is 2. The summed E-state index contributed by atoms with van der Waals surface area (Å²) in [5, 5.41) is 14.6. The Morgan fingerprint density at radius 1 is 0.828 bits per heavy atom. The second kappa shape index (κ2) is 17.2. The summed E-state index contributed by atoms with van der Waals surface area (Å²) in [5.74, 6) is 1.72. The van der Waals surface area contributed by atoms with Gasteiger partial charge in [0.25, 0.3) is 5.91 Å². The molecule has 0 aliphatic heterocycles. The Kier molecular flexibility index (Phi) is 15.0. The molecule has 5 nitrogen and oxygen atoms in total. The third-order valence-electron chi connectivity index (χ3n) is 4.78. The van der Waals surface area contributed by atoms with Crippen molar-refractivity contribution in [2.24, 2.45) is 0 Å². The van der Waals surface area contributed by atoms with Gasteiger partial charge in [-0.2, -0.15) is 11.8 Å². The lowest BCUT2D eigenvalue weighted by Gasteiger charge is -2.07. The van der Waals surface area contributed by atoms with Gasteiger partial charge in [0.05, 0.1) is 6.67 Å². The highest BCUT2D eigenvalue weighted by molar-refractivity contribution is 7.99. The molecule has 0 aromatic heterocycles. The summed E-state index contributed by atoms with van der Waals surface area (Å²) >= 11 is 1.83. The van der Waals surface area contributed by atoms with Crippen LogP contribution in [0.2, 0.25) is 0 Å². The van der Waals surface area contributed by atoms with Crippen LogP contribution in [0, 0.1) is 0 Å². The van der Waals surface area contributed by atoms with Crippen LogP contribution < -0.4 is 10.6 Å². The van der Waals surface area contributed by atoms with Crippen LogP contribution in [0.25, 0.3) is 0 Å². The molecular formula is C23H38N2O3S. The second-order valence-electron chi connectivity index (χ2n) is 7.37. The molecule has 3 N–H and O–H groups in total. The van der Waals surface area contributed by atoms with Crippen LogP contribution in [0.4, 0.5) is 0 Å². The van der Waals surface area contributed by atoms with E-state index < -0.39 is 0 Å². The Bertz CT molecular complexity index is 564. The first-order chi connectivity index (χ1) is 14.1. The van der Waals surface area contributed by atoms with Crippen LogP contribution in [0.15, 0.2) is 24.3 Å². The number of amides is 2. The molecule has 0 saturated carbocycles. The van der Waals surface area contributed by atoms with Crippen molar-refractivity contribution in [3.8, 4) is 5.75 Å². The van der Waals surface area contributed by atoms with Crippen LogP contribution in [0.5, 0.6) is 5.75 Å². The van der Waals surface area contributed by atoms with E-state index in [-0.39, 0.29) is 24.2 Å². The Hall–Kier alpha value is -1.69. The standard InChI is InChI=1S/C23H38N2O3S/c1-2-3-4-5-6-7-8-9-10-11-17-29-18-16-22(27)24-19-25-23(28)20-12-14-21(26)15-13-20/h12-15,26H,2-11,16-19H2,1H3,(H,24,27)(H,25,28). The summed E-state index contributed by atoms with van der Waals surface area (Å²) in [6, 6.07) is 5.99. The average molecular weight is 423 g/mol. The molecular weight excluding hydrogens is 384 g/mol. The van der Waals surface area contributed by atoms with Crippen molar-refractivity contribution in [2.45, 2.75) is 77.6 Å². The van der Waals surface area contributed by atoms with Gasteiger partial charge in [0.1, 0.15) is 5.75 Å². The highest BCUT2D eigenvalue weighted by Crippen LogP contribution is 2.13. The van der Waals surface area contributed by atoms with E-state index in [0.29, 0.717) is 12.0 Å². The molecule has 164 valence electrons. The van der Waals surface area contributed by atoms with E-state index in [2.05, 4.69) is 17.6 Å². The molecule has 0 unspecified atom stereocenters. The number of hydrogen-bond donors (Lipinski definition) is 3. The van der Waals surface area contributed by atoms with Crippen molar-refractivity contribution >= 4 is 23.6 Å². The molecule has 1 aromatic carbocycles. The molecule has 0 saturated heterocycles. The number of hydrogen-bond acceptors (Lipinski definition) is 4. The molecule has 2 amide bonds. The van der Waals surface area contributed by atoms with Gasteiger partial charge >= 0.3 is 0 Å². The number of rotatable bonds is 17. The Morgan fingerprint density at radius 2 is 1.41 bits per heavy atom. The zero-order valence-electron chi connectivity index (χ0n) is 17.9. The lowest BCUT2D eigenvalue weighted by atomic mass is 10.1. The van der Waals surface area contributed by atoms with E-state index in [1.54, 1.807) is 0 Å². The summed E-state index contributed by atoms with van der Waals surface area (Å²) in [7, 11) is 0. The smallest absolute Gasteiger partial charge is 0.252 e. The maximum absolute atomic E-state index is 11.9. The van der Waals surface area contributed by atoms with Gasteiger partial charge in [-0.05, 0) is 36.4 Å². The van der Waals surface area contributed by atoms with Gasteiger partial charge in [-0.15, -0.1) is 0 Å². The van der Waals surface area contributed by atoms with E-state index >= 15 is 0 Å². The highest BCUT2D eigenvalue weighted by Gasteiger charge is 2.06. The Balaban J connectivity index is 1.88. The van der Waals surface area contributed by atoms with Crippen LogP contribution in [-0.2, 0) is 4.79 Å². The van der Waals surface area contributed by atoms with Gasteiger partial charge in [0.15, 0.2) is 0 Å². The van der Waals surface area contributed by atoms with Crippen molar-refractivity contribution in [3.63, 3.8) is 0 Å². The number of phenolic OH excluding ortho intramolecular Hbond substituents is 1. The molecule has 1 rings (SSSR count).